The van der Waals surface area contributed by atoms with Crippen molar-refractivity contribution < 1.29 is 32.1 Å². The van der Waals surface area contributed by atoms with Crippen LogP contribution in [0.3, 0.4) is 0 Å². The molecule has 36 heavy (non-hydrogen) atoms. The van der Waals surface area contributed by atoms with E-state index in [1.54, 1.807) is 0 Å². The van der Waals surface area contributed by atoms with E-state index in [0.29, 0.717) is 5.56 Å². The van der Waals surface area contributed by atoms with E-state index in [1.807, 2.05) is 0 Å². The summed E-state index contributed by atoms with van der Waals surface area (Å²) in [6.45, 7) is -0.217. The Morgan fingerprint density at radius 2 is 1.78 bits per heavy atom. The van der Waals surface area contributed by atoms with E-state index in [4.69, 9.17) is 9.84 Å². The van der Waals surface area contributed by atoms with Gasteiger partial charge in [0.1, 0.15) is 28.8 Å². The number of alkyl halides is 3. The van der Waals surface area contributed by atoms with E-state index in [1.165, 1.54) is 52.9 Å². The van der Waals surface area contributed by atoms with Crippen molar-refractivity contribution in [3.63, 3.8) is 0 Å². The van der Waals surface area contributed by atoms with Crippen molar-refractivity contribution in [2.75, 3.05) is 16.8 Å². The van der Waals surface area contributed by atoms with E-state index >= 15 is 0 Å². The molecule has 0 saturated heterocycles. The Kier molecular flexibility index (Phi) is 6.93. The number of rotatable bonds is 8. The van der Waals surface area contributed by atoms with E-state index in [2.05, 4.69) is 10.1 Å². The molecule has 1 unspecified atom stereocenters. The maximum Gasteiger partial charge on any atom is 0.573 e. The Balaban J connectivity index is 1.74. The van der Waals surface area contributed by atoms with Gasteiger partial charge in [-0.3, -0.25) is 13.9 Å². The zero-order chi connectivity index (χ0) is 26.0. The SMILES string of the molecule is Cn1c2c(c(=O)n(CCCO)c1=O)N(Cc1ccc(F)cc1)C(Oc1cccc(OC(F)(F)F)c1)N2. The van der Waals surface area contributed by atoms with Crippen LogP contribution in [0.2, 0.25) is 0 Å². The summed E-state index contributed by atoms with van der Waals surface area (Å²) in [6.07, 6.45) is -5.84. The number of aliphatic hydroxyl groups excluding tert-OH is 1. The summed E-state index contributed by atoms with van der Waals surface area (Å²) >= 11 is 0. The van der Waals surface area contributed by atoms with Crippen molar-refractivity contribution >= 4 is 11.5 Å². The fourth-order valence-electron chi connectivity index (χ4n) is 3.83. The molecule has 2 N–H and O–H groups in total. The number of nitrogens with zero attached hydrogens (tertiary/aromatic N) is 3. The van der Waals surface area contributed by atoms with Gasteiger partial charge in [-0.05, 0) is 36.2 Å². The Labute approximate surface area is 201 Å². The van der Waals surface area contributed by atoms with Crippen LogP contribution in [0.4, 0.5) is 29.1 Å². The van der Waals surface area contributed by atoms with Crippen LogP contribution in [0.25, 0.3) is 0 Å². The van der Waals surface area contributed by atoms with E-state index in [0.717, 1.165) is 16.7 Å². The monoisotopic (exact) mass is 510 g/mol. The maximum atomic E-state index is 13.4. The molecule has 1 atom stereocenters. The first-order chi connectivity index (χ1) is 17.1. The van der Waals surface area contributed by atoms with Crippen molar-refractivity contribution in [1.82, 2.24) is 9.13 Å². The van der Waals surface area contributed by atoms with Gasteiger partial charge in [0.05, 0.1) is 0 Å². The minimum Gasteiger partial charge on any atom is -0.452 e. The van der Waals surface area contributed by atoms with Crippen molar-refractivity contribution in [2.45, 2.75) is 32.2 Å². The van der Waals surface area contributed by atoms with Crippen molar-refractivity contribution in [2.24, 2.45) is 7.05 Å². The second-order valence-electron chi connectivity index (χ2n) is 7.96. The van der Waals surface area contributed by atoms with Crippen LogP contribution in [0.5, 0.6) is 11.5 Å². The third kappa shape index (κ3) is 5.30. The molecule has 0 amide bonds. The van der Waals surface area contributed by atoms with Gasteiger partial charge in [-0.15, -0.1) is 13.2 Å². The number of hydrogen-bond donors (Lipinski definition) is 2. The predicted octanol–water partition coefficient (Wildman–Crippen LogP) is 2.76. The zero-order valence-electron chi connectivity index (χ0n) is 19.0. The normalized spacial score (nSPS) is 14.9. The molecule has 0 saturated carbocycles. The fourth-order valence-corrected chi connectivity index (χ4v) is 3.83. The highest BCUT2D eigenvalue weighted by Crippen LogP contribution is 2.34. The second-order valence-corrected chi connectivity index (χ2v) is 7.96. The lowest BCUT2D eigenvalue weighted by atomic mass is 10.2. The minimum absolute atomic E-state index is 0.00299. The molecule has 0 aliphatic carbocycles. The summed E-state index contributed by atoms with van der Waals surface area (Å²) in [6, 6.07) is 10.4. The number of halogens is 4. The van der Waals surface area contributed by atoms with Crippen LogP contribution >= 0.6 is 0 Å². The van der Waals surface area contributed by atoms with E-state index in [-0.39, 0.29) is 43.4 Å². The van der Waals surface area contributed by atoms with Gasteiger partial charge in [-0.25, -0.2) is 9.18 Å². The van der Waals surface area contributed by atoms with Crippen molar-refractivity contribution in [3.05, 3.63) is 80.7 Å². The van der Waals surface area contributed by atoms with Gasteiger partial charge in [0.15, 0.2) is 0 Å². The van der Waals surface area contributed by atoms with Gasteiger partial charge in [0.25, 0.3) is 11.9 Å². The minimum atomic E-state index is -4.90. The molecule has 13 heteroatoms. The molecular formula is C23H22F4N4O5. The summed E-state index contributed by atoms with van der Waals surface area (Å²) < 4.78 is 63.4. The average Bonchev–Trinajstić information content (AvgIpc) is 3.16. The molecule has 2 aromatic carbocycles. The van der Waals surface area contributed by atoms with Crippen LogP contribution in [0, 0.1) is 5.82 Å². The lowest BCUT2D eigenvalue weighted by Gasteiger charge is -2.26. The number of ether oxygens (including phenoxy) is 2. The van der Waals surface area contributed by atoms with E-state index < -0.39 is 35.5 Å². The van der Waals surface area contributed by atoms with Gasteiger partial charge < -0.3 is 24.8 Å². The summed E-state index contributed by atoms with van der Waals surface area (Å²) in [7, 11) is 1.44. The molecule has 3 aromatic rings. The highest BCUT2D eigenvalue weighted by Gasteiger charge is 2.37. The smallest absolute Gasteiger partial charge is 0.452 e. The number of benzene rings is 2. The Hall–Kier alpha value is -4.00. The molecule has 4 rings (SSSR count). The zero-order valence-corrected chi connectivity index (χ0v) is 19.0. The van der Waals surface area contributed by atoms with Crippen LogP contribution in [0.15, 0.2) is 58.1 Å². The molecular weight excluding hydrogens is 488 g/mol. The first-order valence-electron chi connectivity index (χ1n) is 10.8. The average molecular weight is 510 g/mol. The quantitative estimate of drug-likeness (QED) is 0.450. The molecule has 1 aromatic heterocycles. The number of aliphatic hydroxyl groups is 1. The largest absolute Gasteiger partial charge is 0.573 e. The summed E-state index contributed by atoms with van der Waals surface area (Å²) in [5.41, 5.74) is -0.588. The van der Waals surface area contributed by atoms with Crippen molar-refractivity contribution in [3.8, 4) is 11.5 Å². The molecule has 0 radical (unpaired) electrons. The number of nitrogens with one attached hydrogen (secondary N) is 1. The van der Waals surface area contributed by atoms with Crippen LogP contribution in [-0.4, -0.2) is 33.6 Å². The highest BCUT2D eigenvalue weighted by molar-refractivity contribution is 5.71. The van der Waals surface area contributed by atoms with Gasteiger partial charge in [-0.2, -0.15) is 0 Å². The third-order valence-electron chi connectivity index (χ3n) is 5.45. The predicted molar refractivity (Wildman–Crippen MR) is 121 cm³/mol. The van der Waals surface area contributed by atoms with Gasteiger partial charge >= 0.3 is 12.1 Å². The fraction of sp³-hybridized carbons (Fsp3) is 0.304. The summed E-state index contributed by atoms with van der Waals surface area (Å²) in [5.74, 6) is -0.821. The molecule has 9 nitrogen and oxygen atoms in total. The lowest BCUT2D eigenvalue weighted by Crippen LogP contribution is -2.43. The molecule has 0 spiro atoms. The first-order valence-corrected chi connectivity index (χ1v) is 10.8. The number of hydrogen-bond acceptors (Lipinski definition) is 7. The number of anilines is 2. The standard InChI is InChI=1S/C23H22F4N4O5/c1-29-19-18(20(33)30(22(29)34)10-3-11-32)31(13-14-6-8-15(24)9-7-14)21(28-19)35-16-4-2-5-17(12-16)36-23(25,26)27/h2,4-9,12,21,28,32H,3,10-11,13H2,1H3. The molecule has 0 fully saturated rings. The molecule has 2 heterocycles. The van der Waals surface area contributed by atoms with Crippen LogP contribution in [0.1, 0.15) is 12.0 Å². The number of fused-ring (bicyclic) bond motifs is 1. The summed E-state index contributed by atoms with van der Waals surface area (Å²) in [4.78, 5) is 27.6. The van der Waals surface area contributed by atoms with Gasteiger partial charge in [0, 0.05) is 32.8 Å². The topological polar surface area (TPSA) is 98.0 Å². The molecule has 192 valence electrons. The Bertz CT molecular complexity index is 1350. The van der Waals surface area contributed by atoms with Crippen LogP contribution < -0.4 is 30.9 Å². The second kappa shape index (κ2) is 9.93. The number of aromatic nitrogens is 2. The third-order valence-corrected chi connectivity index (χ3v) is 5.45. The first kappa shape index (κ1) is 25.1. The lowest BCUT2D eigenvalue weighted by molar-refractivity contribution is -0.274. The van der Waals surface area contributed by atoms with Crippen LogP contribution in [-0.2, 0) is 20.1 Å². The molecule has 0 bridgehead atoms. The maximum absolute atomic E-state index is 13.4. The molecule has 1 aliphatic rings. The van der Waals surface area contributed by atoms with Gasteiger partial charge in [0.2, 0.25) is 0 Å². The van der Waals surface area contributed by atoms with Crippen molar-refractivity contribution in [1.29, 1.82) is 0 Å². The summed E-state index contributed by atoms with van der Waals surface area (Å²) in [5, 5.41) is 12.1. The highest BCUT2D eigenvalue weighted by atomic mass is 19.4. The Morgan fingerprint density at radius 1 is 1.08 bits per heavy atom. The van der Waals surface area contributed by atoms with E-state index in [9.17, 15) is 27.2 Å². The Morgan fingerprint density at radius 3 is 2.44 bits per heavy atom. The molecule has 1 aliphatic heterocycles. The van der Waals surface area contributed by atoms with Gasteiger partial charge in [-0.1, -0.05) is 18.2 Å².